The maximum absolute atomic E-state index is 12.3. The van der Waals surface area contributed by atoms with Gasteiger partial charge >= 0.3 is 0 Å². The highest BCUT2D eigenvalue weighted by Gasteiger charge is 2.61. The highest BCUT2D eigenvalue weighted by Crippen LogP contribution is 2.65. The molecular weight excluding hydrogens is 302 g/mol. The number of carbonyl (C=O) groups excluding carboxylic acids is 1. The third-order valence-electron chi connectivity index (χ3n) is 6.36. The molecule has 0 aliphatic heterocycles. The molecule has 0 spiro atoms. The molecule has 2 saturated carbocycles. The summed E-state index contributed by atoms with van der Waals surface area (Å²) in [6, 6.07) is 4.27. The van der Waals surface area contributed by atoms with Gasteiger partial charge in [0.25, 0.3) is 0 Å². The SMILES string of the molecule is CC1(C)C2CCC1(C)C(NC(=O)CCc1ccc(Cl)s1)C2. The Morgan fingerprint density at radius 2 is 2.19 bits per heavy atom. The molecule has 21 heavy (non-hydrogen) atoms. The molecule has 3 unspecified atom stereocenters. The van der Waals surface area contributed by atoms with Gasteiger partial charge < -0.3 is 5.32 Å². The zero-order valence-electron chi connectivity index (χ0n) is 13.0. The van der Waals surface area contributed by atoms with Gasteiger partial charge in [-0.3, -0.25) is 4.79 Å². The van der Waals surface area contributed by atoms with Crippen molar-refractivity contribution in [3.63, 3.8) is 0 Å². The van der Waals surface area contributed by atoms with E-state index in [-0.39, 0.29) is 11.3 Å². The van der Waals surface area contributed by atoms with E-state index in [4.69, 9.17) is 11.6 Å². The molecule has 2 aliphatic carbocycles. The van der Waals surface area contributed by atoms with Crippen LogP contribution in [0.5, 0.6) is 0 Å². The van der Waals surface area contributed by atoms with Gasteiger partial charge in [0.15, 0.2) is 0 Å². The van der Waals surface area contributed by atoms with Gasteiger partial charge in [-0.1, -0.05) is 32.4 Å². The zero-order valence-corrected chi connectivity index (χ0v) is 14.6. The lowest BCUT2D eigenvalue weighted by molar-refractivity contribution is -0.122. The average Bonchev–Trinajstić information content (AvgIpc) is 2.98. The van der Waals surface area contributed by atoms with E-state index < -0.39 is 0 Å². The van der Waals surface area contributed by atoms with Crippen molar-refractivity contribution in [3.8, 4) is 0 Å². The first kappa shape index (κ1) is 15.4. The molecule has 0 aromatic carbocycles. The summed E-state index contributed by atoms with van der Waals surface area (Å²) in [5.74, 6) is 0.956. The fourth-order valence-corrected chi connectivity index (χ4v) is 5.50. The Balaban J connectivity index is 1.56. The standard InChI is InChI=1S/C17H24ClNOS/c1-16(2)11-8-9-17(16,3)13(10-11)19-15(20)7-5-12-4-6-14(18)21-12/h4,6,11,13H,5,7-10H2,1-3H3,(H,19,20). The van der Waals surface area contributed by atoms with Crippen LogP contribution in [-0.2, 0) is 11.2 Å². The number of nitrogens with one attached hydrogen (secondary N) is 1. The predicted octanol–water partition coefficient (Wildman–Crippen LogP) is 4.67. The Morgan fingerprint density at radius 1 is 1.43 bits per heavy atom. The molecule has 0 radical (unpaired) electrons. The normalized spacial score (nSPS) is 33.3. The van der Waals surface area contributed by atoms with Crippen LogP contribution in [0.3, 0.4) is 0 Å². The van der Waals surface area contributed by atoms with Gasteiger partial charge in [0, 0.05) is 17.3 Å². The van der Waals surface area contributed by atoms with Crippen molar-refractivity contribution in [2.75, 3.05) is 0 Å². The van der Waals surface area contributed by atoms with Crippen molar-refractivity contribution in [1.29, 1.82) is 0 Å². The van der Waals surface area contributed by atoms with Crippen LogP contribution in [0.15, 0.2) is 12.1 Å². The Labute approximate surface area is 136 Å². The lowest BCUT2D eigenvalue weighted by Crippen LogP contribution is -2.46. The van der Waals surface area contributed by atoms with E-state index in [9.17, 15) is 4.79 Å². The average molecular weight is 326 g/mol. The van der Waals surface area contributed by atoms with E-state index in [1.807, 2.05) is 12.1 Å². The number of carbonyl (C=O) groups is 1. The summed E-state index contributed by atoms with van der Waals surface area (Å²) >= 11 is 7.49. The number of aryl methyl sites for hydroxylation is 1. The summed E-state index contributed by atoms with van der Waals surface area (Å²) in [5, 5.41) is 3.32. The van der Waals surface area contributed by atoms with Crippen LogP contribution in [0.4, 0.5) is 0 Å². The Bertz CT molecular complexity index is 553. The van der Waals surface area contributed by atoms with Crippen molar-refractivity contribution in [2.45, 2.75) is 58.9 Å². The molecule has 2 nitrogen and oxygen atoms in total. The first-order chi connectivity index (χ1) is 9.83. The van der Waals surface area contributed by atoms with Gasteiger partial charge in [-0.2, -0.15) is 0 Å². The number of halogens is 1. The van der Waals surface area contributed by atoms with Crippen molar-refractivity contribution in [1.82, 2.24) is 5.32 Å². The summed E-state index contributed by atoms with van der Waals surface area (Å²) in [6.45, 7) is 7.12. The summed E-state index contributed by atoms with van der Waals surface area (Å²) in [4.78, 5) is 13.5. The monoisotopic (exact) mass is 325 g/mol. The minimum Gasteiger partial charge on any atom is -0.353 e. The number of hydrogen-bond donors (Lipinski definition) is 1. The van der Waals surface area contributed by atoms with E-state index in [0.29, 0.717) is 17.9 Å². The molecule has 1 aromatic heterocycles. The van der Waals surface area contributed by atoms with E-state index in [1.165, 1.54) is 17.7 Å². The lowest BCUT2D eigenvalue weighted by Gasteiger charge is -2.39. The van der Waals surface area contributed by atoms with Gasteiger partial charge in [0.2, 0.25) is 5.91 Å². The number of hydrogen-bond acceptors (Lipinski definition) is 2. The van der Waals surface area contributed by atoms with Crippen LogP contribution in [0.25, 0.3) is 0 Å². The first-order valence-electron chi connectivity index (χ1n) is 7.86. The zero-order chi connectivity index (χ0) is 15.3. The van der Waals surface area contributed by atoms with Crippen molar-refractivity contribution >= 4 is 28.8 Å². The summed E-state index contributed by atoms with van der Waals surface area (Å²) in [5.41, 5.74) is 0.617. The molecule has 1 N–H and O–H groups in total. The second kappa shape index (κ2) is 5.27. The molecule has 4 heteroatoms. The fraction of sp³-hybridized carbons (Fsp3) is 0.706. The quantitative estimate of drug-likeness (QED) is 0.856. The maximum Gasteiger partial charge on any atom is 0.220 e. The second-order valence-electron chi connectivity index (χ2n) is 7.44. The van der Waals surface area contributed by atoms with Gasteiger partial charge in [-0.25, -0.2) is 0 Å². The molecule has 1 aromatic rings. The molecule has 2 bridgehead atoms. The van der Waals surface area contributed by atoms with Crippen molar-refractivity contribution in [3.05, 3.63) is 21.3 Å². The van der Waals surface area contributed by atoms with Crippen molar-refractivity contribution < 1.29 is 4.79 Å². The van der Waals surface area contributed by atoms with Gasteiger partial charge in [-0.15, -0.1) is 11.3 Å². The van der Waals surface area contributed by atoms with Crippen LogP contribution in [0.2, 0.25) is 4.34 Å². The third kappa shape index (κ3) is 2.53. The minimum atomic E-state index is 0.189. The van der Waals surface area contributed by atoms with Crippen LogP contribution >= 0.6 is 22.9 Å². The van der Waals surface area contributed by atoms with Crippen LogP contribution in [-0.4, -0.2) is 11.9 Å². The van der Waals surface area contributed by atoms with Crippen LogP contribution in [0, 0.1) is 16.7 Å². The highest BCUT2D eigenvalue weighted by molar-refractivity contribution is 7.16. The number of rotatable bonds is 4. The molecule has 3 atom stereocenters. The summed E-state index contributed by atoms with van der Waals surface area (Å²) < 4.78 is 0.799. The lowest BCUT2D eigenvalue weighted by atomic mass is 9.69. The highest BCUT2D eigenvalue weighted by atomic mass is 35.5. The summed E-state index contributed by atoms with van der Waals surface area (Å²) in [6.07, 6.45) is 5.08. The van der Waals surface area contributed by atoms with Gasteiger partial charge in [-0.05, 0) is 54.6 Å². The molecule has 116 valence electrons. The number of amides is 1. The van der Waals surface area contributed by atoms with Crippen LogP contribution < -0.4 is 5.32 Å². The summed E-state index contributed by atoms with van der Waals surface area (Å²) in [7, 11) is 0. The Kier molecular flexibility index (Phi) is 3.86. The second-order valence-corrected chi connectivity index (χ2v) is 9.24. The third-order valence-corrected chi connectivity index (χ3v) is 7.65. The molecule has 3 rings (SSSR count). The minimum absolute atomic E-state index is 0.189. The van der Waals surface area contributed by atoms with E-state index in [1.54, 1.807) is 11.3 Å². The Hall–Kier alpha value is -0.540. The van der Waals surface area contributed by atoms with Gasteiger partial charge in [0.1, 0.15) is 0 Å². The van der Waals surface area contributed by atoms with E-state index in [0.717, 1.165) is 23.1 Å². The largest absolute Gasteiger partial charge is 0.353 e. The molecule has 0 saturated heterocycles. The topological polar surface area (TPSA) is 29.1 Å². The molecule has 2 fully saturated rings. The molecule has 1 heterocycles. The predicted molar refractivity (Wildman–Crippen MR) is 88.8 cm³/mol. The number of fused-ring (bicyclic) bond motifs is 2. The van der Waals surface area contributed by atoms with E-state index in [2.05, 4.69) is 26.1 Å². The fourth-order valence-electron chi connectivity index (χ4n) is 4.41. The Morgan fingerprint density at radius 3 is 2.71 bits per heavy atom. The van der Waals surface area contributed by atoms with Crippen LogP contribution in [0.1, 0.15) is 51.3 Å². The van der Waals surface area contributed by atoms with Crippen molar-refractivity contribution in [2.24, 2.45) is 16.7 Å². The maximum atomic E-state index is 12.3. The number of thiophene rings is 1. The molecular formula is C17H24ClNOS. The smallest absolute Gasteiger partial charge is 0.220 e. The molecule has 1 amide bonds. The molecule has 2 aliphatic rings. The van der Waals surface area contributed by atoms with Gasteiger partial charge in [0.05, 0.1) is 4.34 Å². The first-order valence-corrected chi connectivity index (χ1v) is 9.06. The van der Waals surface area contributed by atoms with E-state index >= 15 is 0 Å².